The maximum absolute atomic E-state index is 11.3. The Labute approximate surface area is 160 Å². The quantitative estimate of drug-likeness (QED) is 0.265. The van der Waals surface area contributed by atoms with Crippen LogP contribution >= 0.6 is 23.2 Å². The van der Waals surface area contributed by atoms with Crippen LogP contribution in [0.15, 0.2) is 24.3 Å². The fourth-order valence-corrected chi connectivity index (χ4v) is 2.96. The number of ether oxygens (including phenoxy) is 2. The molecule has 0 N–H and O–H groups in total. The second-order valence-electron chi connectivity index (χ2n) is 6.00. The van der Waals surface area contributed by atoms with E-state index in [-0.39, 0.29) is 27.4 Å². The average molecular weight is 398 g/mol. The molecule has 0 amide bonds. The van der Waals surface area contributed by atoms with Gasteiger partial charge in [-0.15, -0.1) is 0 Å². The Hall–Kier alpha value is -2.31. The van der Waals surface area contributed by atoms with E-state index in [0.717, 1.165) is 5.56 Å². The predicted molar refractivity (Wildman–Crippen MR) is 99.8 cm³/mol. The molecule has 0 aliphatic heterocycles. The van der Waals surface area contributed by atoms with Gasteiger partial charge in [0.2, 0.25) is 0 Å². The molecule has 8 heteroatoms. The lowest BCUT2D eigenvalue weighted by molar-refractivity contribution is -0.384. The van der Waals surface area contributed by atoms with Crippen LogP contribution in [0.25, 0.3) is 0 Å². The first-order valence-corrected chi connectivity index (χ1v) is 8.50. The number of hydrogen-bond acceptors (Lipinski definition) is 5. The van der Waals surface area contributed by atoms with Crippen molar-refractivity contribution < 1.29 is 19.2 Å². The molecule has 138 valence electrons. The molecule has 0 saturated heterocycles. The maximum atomic E-state index is 11.3. The van der Waals surface area contributed by atoms with Crippen molar-refractivity contribution in [1.82, 2.24) is 0 Å². The summed E-state index contributed by atoms with van der Waals surface area (Å²) in [6.45, 7) is 7.04. The zero-order valence-corrected chi connectivity index (χ0v) is 16.1. The molecule has 0 radical (unpaired) electrons. The third-order valence-corrected chi connectivity index (χ3v) is 4.12. The number of halogens is 2. The Balaban J connectivity index is 2.48. The number of esters is 1. The second-order valence-corrected chi connectivity index (χ2v) is 6.82. The fraction of sp³-hybridized carbons (Fsp3) is 0.278. The van der Waals surface area contributed by atoms with E-state index in [9.17, 15) is 14.9 Å². The molecular formula is C18H17Cl2NO5. The summed E-state index contributed by atoms with van der Waals surface area (Å²) >= 11 is 12.2. The van der Waals surface area contributed by atoms with Crippen molar-refractivity contribution in [1.29, 1.82) is 0 Å². The molecule has 0 aromatic heterocycles. The van der Waals surface area contributed by atoms with Crippen molar-refractivity contribution in [3.05, 3.63) is 55.6 Å². The molecular weight excluding hydrogens is 381 g/mol. The van der Waals surface area contributed by atoms with Gasteiger partial charge in [0.05, 0.1) is 15.0 Å². The first-order valence-electron chi connectivity index (χ1n) is 7.74. The number of nitrogens with zero attached hydrogens (tertiary/aromatic N) is 1. The number of nitro benzene ring substituents is 1. The molecule has 0 bridgehead atoms. The van der Waals surface area contributed by atoms with Crippen molar-refractivity contribution in [2.45, 2.75) is 33.6 Å². The summed E-state index contributed by atoms with van der Waals surface area (Å²) in [5.74, 6) is 0.688. The van der Waals surface area contributed by atoms with Gasteiger partial charge in [-0.1, -0.05) is 37.0 Å². The van der Waals surface area contributed by atoms with Crippen LogP contribution in [-0.2, 0) is 4.79 Å². The Morgan fingerprint density at radius 1 is 1.12 bits per heavy atom. The summed E-state index contributed by atoms with van der Waals surface area (Å²) in [6.07, 6.45) is 0. The van der Waals surface area contributed by atoms with Gasteiger partial charge in [-0.05, 0) is 30.5 Å². The Morgan fingerprint density at radius 2 is 1.69 bits per heavy atom. The van der Waals surface area contributed by atoms with Gasteiger partial charge in [0.1, 0.15) is 11.5 Å². The highest BCUT2D eigenvalue weighted by Gasteiger charge is 2.19. The summed E-state index contributed by atoms with van der Waals surface area (Å²) in [5, 5.41) is 10.9. The number of non-ortho nitro benzene ring substituents is 1. The largest absolute Gasteiger partial charge is 0.454 e. The minimum absolute atomic E-state index is 0.0250. The minimum Gasteiger partial charge on any atom is -0.454 e. The fourth-order valence-electron chi connectivity index (χ4n) is 2.41. The number of carbonyl (C=O) groups is 1. The van der Waals surface area contributed by atoms with E-state index < -0.39 is 10.9 Å². The third kappa shape index (κ3) is 4.45. The van der Waals surface area contributed by atoms with Gasteiger partial charge < -0.3 is 9.47 Å². The van der Waals surface area contributed by atoms with Gasteiger partial charge in [-0.2, -0.15) is 0 Å². The third-order valence-electron chi connectivity index (χ3n) is 3.56. The Bertz CT molecular complexity index is 857. The van der Waals surface area contributed by atoms with Crippen LogP contribution in [-0.4, -0.2) is 10.9 Å². The monoisotopic (exact) mass is 397 g/mol. The summed E-state index contributed by atoms with van der Waals surface area (Å²) in [6, 6.07) is 5.75. The first-order chi connectivity index (χ1) is 12.1. The lowest BCUT2D eigenvalue weighted by Gasteiger charge is -2.17. The Morgan fingerprint density at radius 3 is 2.15 bits per heavy atom. The van der Waals surface area contributed by atoms with Gasteiger partial charge in [-0.3, -0.25) is 14.9 Å². The molecule has 0 unspecified atom stereocenters. The number of aryl methyl sites for hydroxylation is 1. The molecule has 26 heavy (non-hydrogen) atoms. The highest BCUT2D eigenvalue weighted by molar-refractivity contribution is 6.37. The van der Waals surface area contributed by atoms with Crippen LogP contribution in [0.4, 0.5) is 5.69 Å². The van der Waals surface area contributed by atoms with Crippen molar-refractivity contribution >= 4 is 34.9 Å². The molecule has 0 atom stereocenters. The van der Waals surface area contributed by atoms with Crippen LogP contribution < -0.4 is 9.47 Å². The van der Waals surface area contributed by atoms with E-state index in [4.69, 9.17) is 32.7 Å². The average Bonchev–Trinajstić information content (AvgIpc) is 2.52. The van der Waals surface area contributed by atoms with Crippen LogP contribution in [0.3, 0.4) is 0 Å². The van der Waals surface area contributed by atoms with E-state index in [2.05, 4.69) is 0 Å². The van der Waals surface area contributed by atoms with Gasteiger partial charge >= 0.3 is 5.97 Å². The standard InChI is InChI=1S/C18H17Cl2NO5/c1-9(2)14-8-13(5-10(3)17(14)25-11(4)22)26-18-15(19)6-12(21(23)24)7-16(18)20/h5-9H,1-4H3. The highest BCUT2D eigenvalue weighted by Crippen LogP contribution is 2.41. The van der Waals surface area contributed by atoms with Crippen molar-refractivity contribution in [3.8, 4) is 17.2 Å². The van der Waals surface area contributed by atoms with E-state index in [0.29, 0.717) is 17.1 Å². The molecule has 2 aromatic carbocycles. The summed E-state index contributed by atoms with van der Waals surface area (Å²) < 4.78 is 11.1. The Kier molecular flexibility index (Phi) is 6.10. The zero-order chi connectivity index (χ0) is 19.6. The summed E-state index contributed by atoms with van der Waals surface area (Å²) in [4.78, 5) is 21.6. The molecule has 0 aliphatic rings. The molecule has 2 aromatic rings. The molecule has 0 saturated carbocycles. The van der Waals surface area contributed by atoms with Crippen molar-refractivity contribution in [2.24, 2.45) is 0 Å². The minimum atomic E-state index is -0.587. The summed E-state index contributed by atoms with van der Waals surface area (Å²) in [5.41, 5.74) is 1.26. The van der Waals surface area contributed by atoms with Crippen LogP contribution in [0, 0.1) is 17.0 Å². The van der Waals surface area contributed by atoms with Gasteiger partial charge in [0, 0.05) is 24.6 Å². The van der Waals surface area contributed by atoms with Crippen molar-refractivity contribution in [3.63, 3.8) is 0 Å². The van der Waals surface area contributed by atoms with Gasteiger partial charge in [0.15, 0.2) is 5.75 Å². The molecule has 0 aliphatic carbocycles. The molecule has 0 spiro atoms. The SMILES string of the molecule is CC(=O)Oc1c(C)cc(Oc2c(Cl)cc([N+](=O)[O-])cc2Cl)cc1C(C)C. The normalized spacial score (nSPS) is 10.7. The smallest absolute Gasteiger partial charge is 0.308 e. The maximum Gasteiger partial charge on any atom is 0.308 e. The predicted octanol–water partition coefficient (Wildman–Crippen LogP) is 6.05. The number of carbonyl (C=O) groups excluding carboxylic acids is 1. The first kappa shape index (κ1) is 20.0. The van der Waals surface area contributed by atoms with Crippen LogP contribution in [0.2, 0.25) is 10.0 Å². The molecule has 0 fully saturated rings. The topological polar surface area (TPSA) is 78.7 Å². The van der Waals surface area contributed by atoms with E-state index in [1.807, 2.05) is 13.8 Å². The highest BCUT2D eigenvalue weighted by atomic mass is 35.5. The van der Waals surface area contributed by atoms with Crippen LogP contribution in [0.5, 0.6) is 17.2 Å². The zero-order valence-electron chi connectivity index (χ0n) is 14.6. The van der Waals surface area contributed by atoms with E-state index in [1.54, 1.807) is 19.1 Å². The van der Waals surface area contributed by atoms with Gasteiger partial charge in [-0.25, -0.2) is 0 Å². The lowest BCUT2D eigenvalue weighted by Crippen LogP contribution is -2.07. The second kappa shape index (κ2) is 7.93. The molecule has 2 rings (SSSR count). The van der Waals surface area contributed by atoms with Gasteiger partial charge in [0.25, 0.3) is 5.69 Å². The van der Waals surface area contributed by atoms with Crippen LogP contribution in [0.1, 0.15) is 37.8 Å². The lowest BCUT2D eigenvalue weighted by atomic mass is 9.99. The van der Waals surface area contributed by atoms with E-state index >= 15 is 0 Å². The number of nitro groups is 1. The van der Waals surface area contributed by atoms with Crippen molar-refractivity contribution in [2.75, 3.05) is 0 Å². The molecule has 0 heterocycles. The summed E-state index contributed by atoms with van der Waals surface area (Å²) in [7, 11) is 0. The number of benzene rings is 2. The molecule has 6 nitrogen and oxygen atoms in total. The number of hydrogen-bond donors (Lipinski definition) is 0. The van der Waals surface area contributed by atoms with E-state index in [1.165, 1.54) is 19.1 Å². The number of rotatable bonds is 5.